The van der Waals surface area contributed by atoms with Crippen LogP contribution in [0.1, 0.15) is 49.1 Å². The van der Waals surface area contributed by atoms with Crippen LogP contribution in [0, 0.1) is 0 Å². The molecule has 4 aromatic rings. The van der Waals surface area contributed by atoms with Crippen molar-refractivity contribution in [1.82, 2.24) is 0 Å². The van der Waals surface area contributed by atoms with Crippen molar-refractivity contribution in [3.8, 4) is 0 Å². The van der Waals surface area contributed by atoms with Gasteiger partial charge in [0.05, 0.1) is 23.7 Å². The number of hydrogen-bond donors (Lipinski definition) is 3. The van der Waals surface area contributed by atoms with Crippen LogP contribution in [0.15, 0.2) is 109 Å². The predicted octanol–water partition coefficient (Wildman–Crippen LogP) is 7.63. The van der Waals surface area contributed by atoms with E-state index in [-0.39, 0.29) is 12.3 Å². The fourth-order valence-electron chi connectivity index (χ4n) is 6.35. The molecule has 0 saturated carbocycles. The van der Waals surface area contributed by atoms with E-state index in [9.17, 15) is 14.7 Å². The van der Waals surface area contributed by atoms with Crippen molar-refractivity contribution in [2.75, 3.05) is 45.8 Å². The summed E-state index contributed by atoms with van der Waals surface area (Å²) in [7, 11) is 0. The average molecular weight is 621 g/mol. The maximum atomic E-state index is 14.6. The van der Waals surface area contributed by atoms with Crippen LogP contribution in [0.25, 0.3) is 0 Å². The van der Waals surface area contributed by atoms with E-state index in [0.29, 0.717) is 18.7 Å². The highest BCUT2D eigenvalue weighted by Crippen LogP contribution is 2.42. The van der Waals surface area contributed by atoms with Crippen molar-refractivity contribution in [2.45, 2.75) is 43.0 Å². The molecule has 2 aliphatic rings. The number of carboxylic acids is 1. The zero-order chi connectivity index (χ0) is 31.1. The Kier molecular flexibility index (Phi) is 9.60. The third-order valence-corrected chi connectivity index (χ3v) is 9.87. The number of rotatable bonds is 12. The number of nitrogens with zero attached hydrogens (tertiary/aromatic N) is 2. The minimum Gasteiger partial charge on any atom is -0.481 e. The molecule has 1 amide bonds. The third kappa shape index (κ3) is 7.28. The lowest BCUT2D eigenvalue weighted by atomic mass is 9.89. The van der Waals surface area contributed by atoms with E-state index >= 15 is 0 Å². The van der Waals surface area contributed by atoms with Crippen LogP contribution in [0.5, 0.6) is 0 Å². The monoisotopic (exact) mass is 620 g/mol. The Morgan fingerprint density at radius 1 is 0.778 bits per heavy atom. The summed E-state index contributed by atoms with van der Waals surface area (Å²) < 4.78 is 0. The number of benzene rings is 4. The first-order chi connectivity index (χ1) is 22.0. The van der Waals surface area contributed by atoms with Crippen LogP contribution in [-0.2, 0) is 9.59 Å². The Labute approximate surface area is 269 Å². The Morgan fingerprint density at radius 3 is 1.89 bits per heavy atom. The van der Waals surface area contributed by atoms with E-state index in [4.69, 9.17) is 0 Å². The van der Waals surface area contributed by atoms with Gasteiger partial charge in [0.1, 0.15) is 0 Å². The van der Waals surface area contributed by atoms with Gasteiger partial charge in [-0.05, 0) is 79.0 Å². The normalized spacial score (nSPS) is 15.2. The summed E-state index contributed by atoms with van der Waals surface area (Å²) >= 11 is 1.54. The van der Waals surface area contributed by atoms with Crippen molar-refractivity contribution in [1.29, 1.82) is 0 Å². The van der Waals surface area contributed by atoms with Crippen LogP contribution in [0.3, 0.4) is 0 Å². The highest BCUT2D eigenvalue weighted by molar-refractivity contribution is 8.00. The quantitative estimate of drug-likeness (QED) is 0.140. The largest absolute Gasteiger partial charge is 0.481 e. The molecule has 1 saturated heterocycles. The molecule has 4 aromatic carbocycles. The number of aliphatic carboxylic acids is 1. The number of anilines is 4. The smallest absolute Gasteiger partial charge is 0.308 e. The highest BCUT2D eigenvalue weighted by Gasteiger charge is 2.39. The van der Waals surface area contributed by atoms with Crippen LogP contribution < -0.4 is 20.4 Å². The second kappa shape index (κ2) is 14.1. The van der Waals surface area contributed by atoms with E-state index in [0.717, 1.165) is 41.3 Å². The average Bonchev–Trinajstić information content (AvgIpc) is 3.44. The van der Waals surface area contributed by atoms with Gasteiger partial charge in [0.25, 0.3) is 0 Å². The molecule has 7 nitrogen and oxygen atoms in total. The molecule has 3 N–H and O–H groups in total. The fourth-order valence-corrected chi connectivity index (χ4v) is 7.56. The molecule has 2 aliphatic heterocycles. The molecule has 0 aromatic heterocycles. The first-order valence-electron chi connectivity index (χ1n) is 15.8. The Hall–Kier alpha value is -4.43. The van der Waals surface area contributed by atoms with Crippen molar-refractivity contribution < 1.29 is 14.7 Å². The summed E-state index contributed by atoms with van der Waals surface area (Å²) in [6, 6.07) is 36.2. The molecule has 0 bridgehead atoms. The molecular formula is C37H40N4O3S. The Bertz CT molecular complexity index is 1510. The first-order valence-corrected chi connectivity index (χ1v) is 16.8. The van der Waals surface area contributed by atoms with Crippen LogP contribution >= 0.6 is 11.8 Å². The van der Waals surface area contributed by atoms with E-state index in [2.05, 4.69) is 39.8 Å². The zero-order valence-corrected chi connectivity index (χ0v) is 26.2. The standard InChI is InChI=1S/C37H40N4O3S/c42-34(43)27-37(38-32-17-8-9-18-33(32)39-37)45-26-12-25-41(31-21-19-30(20-22-31)40-23-10-3-11-24-40)36(44)35(28-13-4-1-5-14-28)29-15-6-2-7-16-29/h1-2,4-9,13-22,35,38-39H,3,10-12,23-27H2,(H,42,43). The number of para-hydroxylation sites is 2. The molecule has 0 spiro atoms. The van der Waals surface area contributed by atoms with Gasteiger partial charge in [0.15, 0.2) is 4.99 Å². The van der Waals surface area contributed by atoms with E-state index in [1.165, 1.54) is 36.7 Å². The van der Waals surface area contributed by atoms with Gasteiger partial charge in [-0.25, -0.2) is 0 Å². The minimum atomic E-state index is -0.880. The summed E-state index contributed by atoms with van der Waals surface area (Å²) in [4.78, 5) is 30.0. The van der Waals surface area contributed by atoms with Crippen molar-refractivity contribution >= 4 is 46.4 Å². The SMILES string of the molecule is O=C(O)CC1(SCCCN(C(=O)C(c2ccccc2)c2ccccc2)c2ccc(N3CCCCC3)cc2)Nc2ccccc2N1. The summed E-state index contributed by atoms with van der Waals surface area (Å²) in [6.45, 7) is 2.63. The van der Waals surface area contributed by atoms with Gasteiger partial charge >= 0.3 is 5.97 Å². The van der Waals surface area contributed by atoms with Crippen LogP contribution in [-0.4, -0.2) is 47.4 Å². The molecule has 0 aliphatic carbocycles. The van der Waals surface area contributed by atoms with Gasteiger partial charge in [0, 0.05) is 31.0 Å². The topological polar surface area (TPSA) is 84.9 Å². The molecule has 1 fully saturated rings. The van der Waals surface area contributed by atoms with Gasteiger partial charge in [-0.15, -0.1) is 11.8 Å². The fraction of sp³-hybridized carbons (Fsp3) is 0.297. The third-order valence-electron chi connectivity index (χ3n) is 8.54. The number of thioether (sulfide) groups is 1. The van der Waals surface area contributed by atoms with E-state index in [1.54, 1.807) is 0 Å². The molecule has 45 heavy (non-hydrogen) atoms. The summed E-state index contributed by atoms with van der Waals surface area (Å²) in [5.74, 6) is -0.659. The lowest BCUT2D eigenvalue weighted by molar-refractivity contribution is -0.137. The summed E-state index contributed by atoms with van der Waals surface area (Å²) in [5.41, 5.74) is 5.76. The van der Waals surface area contributed by atoms with Crippen molar-refractivity contribution in [3.05, 3.63) is 120 Å². The van der Waals surface area contributed by atoms with Gasteiger partial charge in [-0.1, -0.05) is 72.8 Å². The number of carbonyl (C=O) groups is 2. The number of hydrogen-bond acceptors (Lipinski definition) is 6. The lowest BCUT2D eigenvalue weighted by Gasteiger charge is -2.31. The molecule has 0 atom stereocenters. The molecule has 0 radical (unpaired) electrons. The van der Waals surface area contributed by atoms with Gasteiger partial charge in [-0.3, -0.25) is 9.59 Å². The number of carbonyl (C=O) groups excluding carboxylic acids is 1. The van der Waals surface area contributed by atoms with Crippen molar-refractivity contribution in [3.63, 3.8) is 0 Å². The summed E-state index contributed by atoms with van der Waals surface area (Å²) in [5, 5.41) is 16.5. The van der Waals surface area contributed by atoms with Crippen LogP contribution in [0.4, 0.5) is 22.7 Å². The highest BCUT2D eigenvalue weighted by atomic mass is 32.2. The first kappa shape index (κ1) is 30.6. The number of carboxylic acid groups (broad SMARTS) is 1. The number of piperidine rings is 1. The molecule has 8 heteroatoms. The predicted molar refractivity (Wildman–Crippen MR) is 185 cm³/mol. The minimum absolute atomic E-state index is 0.0212. The Morgan fingerprint density at radius 2 is 1.33 bits per heavy atom. The maximum Gasteiger partial charge on any atom is 0.308 e. The summed E-state index contributed by atoms with van der Waals surface area (Å²) in [6.07, 6.45) is 4.29. The number of nitrogens with one attached hydrogen (secondary N) is 2. The molecule has 6 rings (SSSR count). The molecular weight excluding hydrogens is 580 g/mol. The lowest BCUT2D eigenvalue weighted by Crippen LogP contribution is -2.41. The van der Waals surface area contributed by atoms with E-state index < -0.39 is 16.9 Å². The molecule has 232 valence electrons. The van der Waals surface area contributed by atoms with E-state index in [1.807, 2.05) is 89.8 Å². The van der Waals surface area contributed by atoms with Gasteiger partial charge in [-0.2, -0.15) is 0 Å². The molecule has 2 heterocycles. The van der Waals surface area contributed by atoms with Crippen LogP contribution in [0.2, 0.25) is 0 Å². The Balaban J connectivity index is 1.24. The molecule has 0 unspecified atom stereocenters. The van der Waals surface area contributed by atoms with Gasteiger partial charge in [0.2, 0.25) is 5.91 Å². The maximum absolute atomic E-state index is 14.6. The number of fused-ring (bicyclic) bond motifs is 1. The van der Waals surface area contributed by atoms with Crippen molar-refractivity contribution in [2.24, 2.45) is 0 Å². The second-order valence-electron chi connectivity index (χ2n) is 11.7. The second-order valence-corrected chi connectivity index (χ2v) is 13.1. The van der Waals surface area contributed by atoms with Gasteiger partial charge < -0.3 is 25.5 Å². The number of amides is 1. The zero-order valence-electron chi connectivity index (χ0n) is 25.4.